The van der Waals surface area contributed by atoms with Crippen LogP contribution in [0.1, 0.15) is 17.3 Å². The van der Waals surface area contributed by atoms with Crippen LogP contribution in [0, 0.1) is 0 Å². The average Bonchev–Trinajstić information content (AvgIpc) is 3.54. The molecule has 5 aromatic rings. The van der Waals surface area contributed by atoms with Gasteiger partial charge in [-0.25, -0.2) is 4.68 Å². The van der Waals surface area contributed by atoms with E-state index in [1.165, 1.54) is 4.68 Å². The van der Waals surface area contributed by atoms with E-state index < -0.39 is 0 Å². The molecule has 0 saturated heterocycles. The third-order valence-corrected chi connectivity index (χ3v) is 5.81. The molecule has 0 aliphatic carbocycles. The Morgan fingerprint density at radius 2 is 1.68 bits per heavy atom. The lowest BCUT2D eigenvalue weighted by Crippen LogP contribution is -2.12. The monoisotopic (exact) mass is 555 g/mol. The van der Waals surface area contributed by atoms with E-state index in [9.17, 15) is 0 Å². The highest BCUT2D eigenvalue weighted by Crippen LogP contribution is 2.36. The number of nitrogens with zero attached hydrogens (tertiary/aromatic N) is 7. The van der Waals surface area contributed by atoms with Crippen molar-refractivity contribution < 1.29 is 14.0 Å². The first kappa shape index (κ1) is 24.7. The van der Waals surface area contributed by atoms with Crippen molar-refractivity contribution in [1.82, 2.24) is 30.4 Å². The molecule has 3 aromatic carbocycles. The fraction of sp³-hybridized carbons (Fsp3) is 0.0833. The first-order valence-corrected chi connectivity index (χ1v) is 11.8. The van der Waals surface area contributed by atoms with Gasteiger partial charge in [0.25, 0.3) is 5.89 Å². The molecule has 0 aliphatic heterocycles. The van der Waals surface area contributed by atoms with Crippen LogP contribution in [0.5, 0.6) is 11.5 Å². The quantitative estimate of drug-likeness (QED) is 0.169. The molecule has 10 nitrogen and oxygen atoms in total. The van der Waals surface area contributed by atoms with Crippen LogP contribution < -0.4 is 4.74 Å². The third kappa shape index (κ3) is 5.72. The minimum atomic E-state index is -0.0708. The van der Waals surface area contributed by atoms with E-state index in [0.717, 1.165) is 5.56 Å². The SMILES string of the molecule is Cn1nnnc1/C(=N\OCc1nnc(-c2ccc(Oc3ccc(Cl)cc3Cl)c(Cl)c2)o1)c1ccccc1. The largest absolute Gasteiger partial charge is 0.454 e. The number of oxime groups is 1. The molecular formula is C24H16Cl3N7O3. The molecular weight excluding hydrogens is 541 g/mol. The Bertz CT molecular complexity index is 1570. The smallest absolute Gasteiger partial charge is 0.257 e. The molecule has 0 atom stereocenters. The van der Waals surface area contributed by atoms with Gasteiger partial charge in [0.1, 0.15) is 11.5 Å². The predicted octanol–water partition coefficient (Wildman–Crippen LogP) is 5.98. The lowest BCUT2D eigenvalue weighted by atomic mass is 10.1. The number of aryl methyl sites for hydroxylation is 1. The Kier molecular flexibility index (Phi) is 7.31. The first-order valence-electron chi connectivity index (χ1n) is 10.7. The van der Waals surface area contributed by atoms with E-state index in [4.69, 9.17) is 48.8 Å². The average molecular weight is 557 g/mol. The highest BCUT2D eigenvalue weighted by atomic mass is 35.5. The van der Waals surface area contributed by atoms with Crippen molar-refractivity contribution in [2.45, 2.75) is 6.61 Å². The van der Waals surface area contributed by atoms with Gasteiger partial charge in [-0.3, -0.25) is 0 Å². The van der Waals surface area contributed by atoms with Crippen LogP contribution in [0.4, 0.5) is 0 Å². The Labute approximate surface area is 225 Å². The molecule has 0 N–H and O–H groups in total. The summed E-state index contributed by atoms with van der Waals surface area (Å²) in [6, 6.07) is 19.4. The van der Waals surface area contributed by atoms with Crippen LogP contribution in [-0.2, 0) is 18.5 Å². The first-order chi connectivity index (χ1) is 18.0. The fourth-order valence-electron chi connectivity index (χ4n) is 3.22. The maximum absolute atomic E-state index is 6.41. The highest BCUT2D eigenvalue weighted by molar-refractivity contribution is 6.35. The summed E-state index contributed by atoms with van der Waals surface area (Å²) in [5.41, 5.74) is 1.83. The lowest BCUT2D eigenvalue weighted by molar-refractivity contribution is 0.111. The van der Waals surface area contributed by atoms with Crippen LogP contribution in [0.2, 0.25) is 15.1 Å². The van der Waals surface area contributed by atoms with Gasteiger partial charge >= 0.3 is 0 Å². The standard InChI is InChI=1S/C24H16Cl3N7O3/c1-34-23(29-32-33-34)22(14-5-3-2-4-6-14)31-35-13-21-28-30-24(37-21)15-7-9-19(17(26)11-15)36-20-10-8-16(25)12-18(20)27/h2-12H,13H2,1H3/b31-22-. The summed E-state index contributed by atoms with van der Waals surface area (Å²) in [5.74, 6) is 1.73. The zero-order valence-corrected chi connectivity index (χ0v) is 21.3. The van der Waals surface area contributed by atoms with Gasteiger partial charge in [-0.15, -0.1) is 15.3 Å². The number of rotatable bonds is 8. The van der Waals surface area contributed by atoms with E-state index in [0.29, 0.717) is 43.7 Å². The Morgan fingerprint density at radius 1 is 0.919 bits per heavy atom. The number of ether oxygens (including phenoxy) is 1. The Hall–Kier alpha value is -3.99. The van der Waals surface area contributed by atoms with Gasteiger partial charge in [-0.1, -0.05) is 70.3 Å². The summed E-state index contributed by atoms with van der Waals surface area (Å²) in [6.45, 7) is -0.0708. The van der Waals surface area contributed by atoms with Gasteiger partial charge in [0.15, 0.2) is 12.3 Å². The van der Waals surface area contributed by atoms with Gasteiger partial charge in [0, 0.05) is 23.2 Å². The van der Waals surface area contributed by atoms with Crippen molar-refractivity contribution in [2.75, 3.05) is 0 Å². The van der Waals surface area contributed by atoms with Crippen molar-refractivity contribution in [1.29, 1.82) is 0 Å². The number of halogens is 3. The Morgan fingerprint density at radius 3 is 2.38 bits per heavy atom. The van der Waals surface area contributed by atoms with E-state index in [2.05, 4.69) is 30.9 Å². The second kappa shape index (κ2) is 11.0. The Balaban J connectivity index is 1.29. The van der Waals surface area contributed by atoms with Gasteiger partial charge in [-0.2, -0.15) is 0 Å². The highest BCUT2D eigenvalue weighted by Gasteiger charge is 2.16. The summed E-state index contributed by atoms with van der Waals surface area (Å²) in [5, 5.41) is 25.0. The van der Waals surface area contributed by atoms with E-state index in [1.54, 1.807) is 43.4 Å². The molecule has 2 aromatic heterocycles. The molecule has 0 radical (unpaired) electrons. The molecule has 0 aliphatic rings. The summed E-state index contributed by atoms with van der Waals surface area (Å²) < 4.78 is 13.0. The van der Waals surface area contributed by atoms with Crippen molar-refractivity contribution >= 4 is 40.5 Å². The second-order valence-corrected chi connectivity index (χ2v) is 8.78. The predicted molar refractivity (Wildman–Crippen MR) is 137 cm³/mol. The molecule has 0 fully saturated rings. The van der Waals surface area contributed by atoms with E-state index in [1.807, 2.05) is 30.3 Å². The molecule has 2 heterocycles. The fourth-order valence-corrected chi connectivity index (χ4v) is 3.89. The normalized spacial score (nSPS) is 11.5. The minimum absolute atomic E-state index is 0.0708. The van der Waals surface area contributed by atoms with Gasteiger partial charge in [0.2, 0.25) is 11.7 Å². The van der Waals surface area contributed by atoms with Crippen molar-refractivity contribution in [2.24, 2.45) is 12.2 Å². The van der Waals surface area contributed by atoms with Crippen LogP contribution in [0.25, 0.3) is 11.5 Å². The molecule has 0 spiro atoms. The van der Waals surface area contributed by atoms with Crippen molar-refractivity contribution in [3.63, 3.8) is 0 Å². The van der Waals surface area contributed by atoms with Crippen molar-refractivity contribution in [3.05, 3.63) is 99.1 Å². The zero-order valence-electron chi connectivity index (χ0n) is 19.0. The minimum Gasteiger partial charge on any atom is -0.454 e. The summed E-state index contributed by atoms with van der Waals surface area (Å²) in [7, 11) is 1.71. The van der Waals surface area contributed by atoms with E-state index in [-0.39, 0.29) is 18.4 Å². The molecule has 37 heavy (non-hydrogen) atoms. The summed E-state index contributed by atoms with van der Waals surface area (Å²) in [4.78, 5) is 5.51. The molecule has 0 unspecified atom stereocenters. The summed E-state index contributed by atoms with van der Waals surface area (Å²) in [6.07, 6.45) is 0. The molecule has 0 bridgehead atoms. The molecule has 186 valence electrons. The van der Waals surface area contributed by atoms with Gasteiger partial charge < -0.3 is 14.0 Å². The molecule has 13 heteroatoms. The van der Waals surface area contributed by atoms with Crippen LogP contribution in [-0.4, -0.2) is 36.1 Å². The lowest BCUT2D eigenvalue weighted by Gasteiger charge is -2.10. The molecule has 0 saturated carbocycles. The topological polar surface area (TPSA) is 113 Å². The second-order valence-electron chi connectivity index (χ2n) is 7.53. The molecule has 5 rings (SSSR count). The summed E-state index contributed by atoms with van der Waals surface area (Å²) >= 11 is 18.5. The third-order valence-electron chi connectivity index (χ3n) is 4.98. The number of hydrogen-bond acceptors (Lipinski definition) is 9. The number of aromatic nitrogens is 6. The number of benzene rings is 3. The van der Waals surface area contributed by atoms with Crippen LogP contribution in [0.3, 0.4) is 0 Å². The van der Waals surface area contributed by atoms with Crippen molar-refractivity contribution in [3.8, 4) is 23.0 Å². The molecule has 0 amide bonds. The van der Waals surface area contributed by atoms with Gasteiger partial charge in [-0.05, 0) is 46.8 Å². The number of hydrogen-bond donors (Lipinski definition) is 0. The maximum Gasteiger partial charge on any atom is 0.257 e. The van der Waals surface area contributed by atoms with Gasteiger partial charge in [0.05, 0.1) is 10.0 Å². The zero-order chi connectivity index (χ0) is 25.8. The van der Waals surface area contributed by atoms with E-state index >= 15 is 0 Å². The maximum atomic E-state index is 6.41. The number of tetrazole rings is 1. The van der Waals surface area contributed by atoms with Crippen LogP contribution >= 0.6 is 34.8 Å². The van der Waals surface area contributed by atoms with Crippen LogP contribution in [0.15, 0.2) is 76.3 Å².